The number of aromatic nitrogens is 4. The van der Waals surface area contributed by atoms with Crippen LogP contribution in [0.15, 0.2) is 24.7 Å². The summed E-state index contributed by atoms with van der Waals surface area (Å²) < 4.78 is 1.87. The second-order valence-electron chi connectivity index (χ2n) is 2.57. The molecule has 2 heterocycles. The Labute approximate surface area is 80.2 Å². The summed E-state index contributed by atoms with van der Waals surface area (Å²) in [5.41, 5.74) is 0.729. The molecule has 0 fully saturated rings. The van der Waals surface area contributed by atoms with Crippen LogP contribution in [-0.4, -0.2) is 19.5 Å². The van der Waals surface area contributed by atoms with Gasteiger partial charge in [0.1, 0.15) is 5.69 Å². The first kappa shape index (κ1) is 8.19. The second-order valence-corrected chi connectivity index (χ2v) is 2.91. The molecule has 4 nitrogen and oxygen atoms in total. The van der Waals surface area contributed by atoms with Crippen molar-refractivity contribution >= 4 is 11.6 Å². The molecule has 0 aliphatic heterocycles. The van der Waals surface area contributed by atoms with Gasteiger partial charge in [-0.1, -0.05) is 0 Å². The van der Waals surface area contributed by atoms with Gasteiger partial charge in [0.2, 0.25) is 5.28 Å². The summed E-state index contributed by atoms with van der Waals surface area (Å²) in [5, 5.41) is 0.237. The van der Waals surface area contributed by atoms with Gasteiger partial charge in [0, 0.05) is 25.6 Å². The molecule has 0 aliphatic carbocycles. The topological polar surface area (TPSA) is 43.6 Å². The Bertz CT molecular complexity index is 424. The zero-order valence-electron chi connectivity index (χ0n) is 6.98. The van der Waals surface area contributed by atoms with Gasteiger partial charge in [-0.15, -0.1) is 0 Å². The molecule has 2 aromatic heterocycles. The fourth-order valence-electron chi connectivity index (χ4n) is 1.07. The van der Waals surface area contributed by atoms with Crippen LogP contribution in [0.4, 0.5) is 0 Å². The smallest absolute Gasteiger partial charge is 0.222 e. The van der Waals surface area contributed by atoms with E-state index in [0.717, 1.165) is 11.5 Å². The lowest BCUT2D eigenvalue weighted by atomic mass is 10.4. The van der Waals surface area contributed by atoms with Crippen LogP contribution < -0.4 is 0 Å². The highest BCUT2D eigenvalue weighted by Gasteiger charge is 2.04. The Hall–Kier alpha value is -1.42. The van der Waals surface area contributed by atoms with E-state index in [-0.39, 0.29) is 5.28 Å². The molecule has 0 N–H and O–H groups in total. The summed E-state index contributed by atoms with van der Waals surface area (Å²) in [4.78, 5) is 12.0. The van der Waals surface area contributed by atoms with E-state index in [1.807, 2.05) is 17.8 Å². The van der Waals surface area contributed by atoms with Crippen LogP contribution in [0.5, 0.6) is 0 Å². The predicted molar refractivity (Wildman–Crippen MR) is 49.2 cm³/mol. The van der Waals surface area contributed by atoms with Gasteiger partial charge >= 0.3 is 0 Å². The minimum absolute atomic E-state index is 0.237. The maximum absolute atomic E-state index is 5.65. The molecule has 2 rings (SSSR count). The van der Waals surface area contributed by atoms with Crippen molar-refractivity contribution in [1.29, 1.82) is 0 Å². The molecule has 0 unspecified atom stereocenters. The molecule has 0 saturated carbocycles. The molecule has 0 spiro atoms. The first-order chi connectivity index (χ1) is 6.27. The second kappa shape index (κ2) is 3.14. The van der Waals surface area contributed by atoms with Crippen LogP contribution in [0.1, 0.15) is 0 Å². The van der Waals surface area contributed by atoms with E-state index in [4.69, 9.17) is 11.6 Å². The van der Waals surface area contributed by atoms with Crippen molar-refractivity contribution in [2.45, 2.75) is 0 Å². The van der Waals surface area contributed by atoms with E-state index in [1.54, 1.807) is 18.5 Å². The van der Waals surface area contributed by atoms with Gasteiger partial charge in [-0.3, -0.25) is 0 Å². The number of halogens is 1. The van der Waals surface area contributed by atoms with Gasteiger partial charge in [0.05, 0.1) is 0 Å². The van der Waals surface area contributed by atoms with Crippen LogP contribution in [-0.2, 0) is 7.05 Å². The third kappa shape index (κ3) is 1.53. The van der Waals surface area contributed by atoms with E-state index in [1.165, 1.54) is 0 Å². The molecular weight excluding hydrogens is 188 g/mol. The van der Waals surface area contributed by atoms with Gasteiger partial charge < -0.3 is 4.57 Å². The molecule has 2 aromatic rings. The Morgan fingerprint density at radius 3 is 2.77 bits per heavy atom. The van der Waals surface area contributed by atoms with Crippen LogP contribution in [0.3, 0.4) is 0 Å². The third-order valence-electron chi connectivity index (χ3n) is 1.68. The SMILES string of the molecule is Cn1ccnc1-c1ccnc(Cl)n1. The van der Waals surface area contributed by atoms with Gasteiger partial charge in [-0.25, -0.2) is 15.0 Å². The largest absolute Gasteiger partial charge is 0.333 e. The van der Waals surface area contributed by atoms with Crippen LogP contribution >= 0.6 is 11.6 Å². The molecule has 0 bridgehead atoms. The number of hydrogen-bond acceptors (Lipinski definition) is 3. The number of rotatable bonds is 1. The van der Waals surface area contributed by atoms with Gasteiger partial charge in [0.15, 0.2) is 5.82 Å². The van der Waals surface area contributed by atoms with E-state index in [9.17, 15) is 0 Å². The summed E-state index contributed by atoms with van der Waals surface area (Å²) in [6.45, 7) is 0. The van der Waals surface area contributed by atoms with E-state index < -0.39 is 0 Å². The van der Waals surface area contributed by atoms with Gasteiger partial charge in [0.25, 0.3) is 0 Å². The zero-order chi connectivity index (χ0) is 9.26. The molecule has 13 heavy (non-hydrogen) atoms. The zero-order valence-corrected chi connectivity index (χ0v) is 7.73. The fraction of sp³-hybridized carbons (Fsp3) is 0.125. The highest BCUT2D eigenvalue weighted by atomic mass is 35.5. The lowest BCUT2D eigenvalue weighted by Gasteiger charge is -1.99. The normalized spacial score (nSPS) is 10.3. The lowest BCUT2D eigenvalue weighted by molar-refractivity contribution is 0.915. The van der Waals surface area contributed by atoms with Crippen molar-refractivity contribution in [3.05, 3.63) is 29.9 Å². The maximum atomic E-state index is 5.65. The van der Waals surface area contributed by atoms with Gasteiger partial charge in [-0.05, 0) is 17.7 Å². The number of hydrogen-bond donors (Lipinski definition) is 0. The van der Waals surface area contributed by atoms with Gasteiger partial charge in [-0.2, -0.15) is 0 Å². The molecule has 0 aromatic carbocycles. The minimum atomic E-state index is 0.237. The fourth-order valence-corrected chi connectivity index (χ4v) is 1.22. The number of nitrogens with zero attached hydrogens (tertiary/aromatic N) is 4. The first-order valence-corrected chi connectivity index (χ1v) is 4.11. The van der Waals surface area contributed by atoms with Crippen molar-refractivity contribution in [2.75, 3.05) is 0 Å². The Morgan fingerprint density at radius 1 is 1.31 bits per heavy atom. The van der Waals surface area contributed by atoms with E-state index in [2.05, 4.69) is 15.0 Å². The standard InChI is InChI=1S/C8H7ClN4/c1-13-5-4-10-7(13)6-2-3-11-8(9)12-6/h2-5H,1H3. The van der Waals surface area contributed by atoms with Crippen LogP contribution in [0.2, 0.25) is 5.28 Å². The Kier molecular flexibility index (Phi) is 1.98. The Balaban J connectivity index is 2.53. The van der Waals surface area contributed by atoms with E-state index in [0.29, 0.717) is 0 Å². The maximum Gasteiger partial charge on any atom is 0.222 e. The summed E-state index contributed by atoms with van der Waals surface area (Å²) in [6.07, 6.45) is 5.18. The molecule has 0 amide bonds. The molecule has 0 radical (unpaired) electrons. The molecule has 5 heteroatoms. The summed E-state index contributed by atoms with van der Waals surface area (Å²) >= 11 is 5.65. The molecular formula is C8H7ClN4. The van der Waals surface area contributed by atoms with Crippen molar-refractivity contribution < 1.29 is 0 Å². The van der Waals surface area contributed by atoms with Crippen molar-refractivity contribution in [1.82, 2.24) is 19.5 Å². The summed E-state index contributed by atoms with van der Waals surface area (Å²) in [7, 11) is 1.90. The average molecular weight is 195 g/mol. The predicted octanol–water partition coefficient (Wildman–Crippen LogP) is 1.53. The van der Waals surface area contributed by atoms with E-state index >= 15 is 0 Å². The summed E-state index contributed by atoms with van der Waals surface area (Å²) in [6, 6.07) is 1.77. The average Bonchev–Trinajstić information content (AvgIpc) is 2.51. The Morgan fingerprint density at radius 2 is 2.15 bits per heavy atom. The molecule has 0 saturated heterocycles. The highest BCUT2D eigenvalue weighted by Crippen LogP contribution is 2.13. The minimum Gasteiger partial charge on any atom is -0.333 e. The molecule has 0 aliphatic rings. The van der Waals surface area contributed by atoms with Crippen molar-refractivity contribution in [3.63, 3.8) is 0 Å². The van der Waals surface area contributed by atoms with Crippen molar-refractivity contribution in [3.8, 4) is 11.5 Å². The van der Waals surface area contributed by atoms with Crippen molar-refractivity contribution in [2.24, 2.45) is 7.05 Å². The summed E-state index contributed by atoms with van der Waals surface area (Å²) in [5.74, 6) is 0.782. The number of imidazole rings is 1. The monoisotopic (exact) mass is 194 g/mol. The van der Waals surface area contributed by atoms with Crippen LogP contribution in [0, 0.1) is 0 Å². The molecule has 66 valence electrons. The third-order valence-corrected chi connectivity index (χ3v) is 1.86. The first-order valence-electron chi connectivity index (χ1n) is 3.73. The molecule has 0 atom stereocenters. The highest BCUT2D eigenvalue weighted by molar-refractivity contribution is 6.28. The quantitative estimate of drug-likeness (QED) is 0.647. The lowest BCUT2D eigenvalue weighted by Crippen LogP contribution is -1.94. The number of aryl methyl sites for hydroxylation is 1. The van der Waals surface area contributed by atoms with Crippen LogP contribution in [0.25, 0.3) is 11.5 Å².